The van der Waals surface area contributed by atoms with Crippen molar-refractivity contribution in [2.45, 2.75) is 54.1 Å². The fraction of sp³-hybridized carbons (Fsp3) is 0.343. The highest BCUT2D eigenvalue weighted by Gasteiger charge is 2.29. The number of hydrazone groups is 1. The number of nitrogens with one attached hydrogen (secondary N) is 1. The molecule has 0 saturated carbocycles. The number of ether oxygens (including phenoxy) is 3. The fourth-order valence-electron chi connectivity index (χ4n) is 5.22. The molecule has 0 aliphatic carbocycles. The molecule has 3 heterocycles. The first-order chi connectivity index (χ1) is 22.4. The number of hydrogen-bond donors (Lipinski definition) is 1. The maximum Gasteiger partial charge on any atom is 0.411 e. The standard InChI is InChI=1S/C35H41FN7O4/c1-9-39-43-13-12-24(19-29(43)22(2)3)46-30-20-25(36)27(18-23(30)4)40-33-31-26(37-21-38-33)10-11-28(32(31)45-8)41-14-16-42(17-15-41)34(44)47-35(5,6)7/h9-14,18-21H,15-17H2,1-8H3,(H,37,38,40)/q+1/b39-9-. The topological polar surface area (TPSA) is 104 Å². The van der Waals surface area contributed by atoms with Gasteiger partial charge in [-0.05, 0) is 72.2 Å². The Morgan fingerprint density at radius 1 is 1.19 bits per heavy atom. The third-order valence-electron chi connectivity index (χ3n) is 7.44. The summed E-state index contributed by atoms with van der Waals surface area (Å²) in [5.74, 6) is 1.35. The molecule has 2 aliphatic rings. The van der Waals surface area contributed by atoms with Crippen molar-refractivity contribution in [1.29, 1.82) is 0 Å². The number of rotatable bonds is 7. The third kappa shape index (κ3) is 7.43. The molecule has 47 heavy (non-hydrogen) atoms. The second-order valence-corrected chi connectivity index (χ2v) is 12.3. The second kappa shape index (κ2) is 13.6. The van der Waals surface area contributed by atoms with Crippen molar-refractivity contribution in [3.63, 3.8) is 0 Å². The van der Waals surface area contributed by atoms with Gasteiger partial charge in [0.05, 0.1) is 35.9 Å². The number of aromatic nitrogens is 2. The van der Waals surface area contributed by atoms with Crippen LogP contribution in [-0.2, 0) is 4.74 Å². The summed E-state index contributed by atoms with van der Waals surface area (Å²) in [4.78, 5) is 23.1. The lowest BCUT2D eigenvalue weighted by Gasteiger charge is -2.27. The average molecular weight is 643 g/mol. The van der Waals surface area contributed by atoms with Gasteiger partial charge in [-0.3, -0.25) is 4.90 Å². The van der Waals surface area contributed by atoms with E-state index >= 15 is 4.39 Å². The summed E-state index contributed by atoms with van der Waals surface area (Å²) in [5, 5.41) is 9.86. The molecule has 12 heteroatoms. The van der Waals surface area contributed by atoms with Crippen molar-refractivity contribution in [3.8, 4) is 11.5 Å². The lowest BCUT2D eigenvalue weighted by Crippen LogP contribution is -2.44. The van der Waals surface area contributed by atoms with Crippen LogP contribution in [0, 0.1) is 12.7 Å². The number of carbonyl (C=O) groups excluding carboxylic acids is 1. The molecule has 11 nitrogen and oxygen atoms in total. The van der Waals surface area contributed by atoms with Crippen LogP contribution in [0.5, 0.6) is 11.5 Å². The van der Waals surface area contributed by atoms with Gasteiger partial charge in [0.1, 0.15) is 41.6 Å². The van der Waals surface area contributed by atoms with Crippen LogP contribution in [0.1, 0.15) is 47.1 Å². The summed E-state index contributed by atoms with van der Waals surface area (Å²) in [6.07, 6.45) is 10.2. The smallest absolute Gasteiger partial charge is 0.411 e. The lowest BCUT2D eigenvalue weighted by molar-refractivity contribution is -0.443. The van der Waals surface area contributed by atoms with Crippen LogP contribution >= 0.6 is 0 Å². The summed E-state index contributed by atoms with van der Waals surface area (Å²) < 4.78 is 35.2. The molecule has 1 N–H and O–H groups in total. The molecular weight excluding hydrogens is 601 g/mol. The molecule has 1 aromatic heterocycles. The van der Waals surface area contributed by atoms with E-state index in [1.54, 1.807) is 41.6 Å². The van der Waals surface area contributed by atoms with Crippen LogP contribution in [0.3, 0.4) is 0 Å². The molecule has 0 spiro atoms. The minimum atomic E-state index is -0.573. The van der Waals surface area contributed by atoms with Gasteiger partial charge in [0, 0.05) is 30.6 Å². The number of nitrogens with zero attached hydrogens (tertiary/aromatic N) is 6. The van der Waals surface area contributed by atoms with Crippen LogP contribution in [0.25, 0.3) is 10.9 Å². The van der Waals surface area contributed by atoms with Crippen LogP contribution in [0.2, 0.25) is 0 Å². The molecule has 0 bridgehead atoms. The Balaban J connectivity index is 1.42. The van der Waals surface area contributed by atoms with Crippen molar-refractivity contribution in [3.05, 3.63) is 77.4 Å². The van der Waals surface area contributed by atoms with E-state index in [2.05, 4.69) is 20.4 Å². The predicted molar refractivity (Wildman–Crippen MR) is 181 cm³/mol. The largest absolute Gasteiger partial charge is 0.490 e. The normalized spacial score (nSPS) is 15.1. The van der Waals surface area contributed by atoms with Gasteiger partial charge in [0.2, 0.25) is 11.4 Å². The van der Waals surface area contributed by atoms with E-state index < -0.39 is 11.4 Å². The van der Waals surface area contributed by atoms with Gasteiger partial charge in [-0.1, -0.05) is 5.57 Å². The molecular formula is C35H41FN7O4+. The lowest BCUT2D eigenvalue weighted by atomic mass is 10.1. The van der Waals surface area contributed by atoms with Crippen LogP contribution in [0.15, 0.2) is 71.1 Å². The predicted octanol–water partition coefficient (Wildman–Crippen LogP) is 7.19. The molecule has 2 aromatic carbocycles. The van der Waals surface area contributed by atoms with Gasteiger partial charge in [0.25, 0.3) is 0 Å². The molecule has 0 unspecified atom stereocenters. The van der Waals surface area contributed by atoms with Crippen LogP contribution in [-0.4, -0.2) is 75.3 Å². The van der Waals surface area contributed by atoms with Gasteiger partial charge >= 0.3 is 6.09 Å². The summed E-state index contributed by atoms with van der Waals surface area (Å²) >= 11 is 0. The fourth-order valence-corrected chi connectivity index (χ4v) is 5.22. The highest BCUT2D eigenvalue weighted by atomic mass is 19.1. The van der Waals surface area contributed by atoms with Gasteiger partial charge < -0.3 is 19.5 Å². The minimum absolute atomic E-state index is 0.224. The Kier molecular flexibility index (Phi) is 9.59. The first kappa shape index (κ1) is 33.1. The number of carbonyl (C=O) groups is 1. The number of methoxy groups -OCH3 is 1. The number of anilines is 2. The molecule has 5 rings (SSSR count). The summed E-state index contributed by atoms with van der Waals surface area (Å²) in [6, 6.07) is 6.82. The maximum absolute atomic E-state index is 15.6. The van der Waals surface area contributed by atoms with E-state index in [9.17, 15) is 4.79 Å². The second-order valence-electron chi connectivity index (χ2n) is 12.3. The van der Waals surface area contributed by atoms with E-state index in [-0.39, 0.29) is 11.8 Å². The van der Waals surface area contributed by atoms with E-state index in [4.69, 9.17) is 14.2 Å². The zero-order valence-corrected chi connectivity index (χ0v) is 28.1. The number of aryl methyl sites for hydroxylation is 1. The first-order valence-corrected chi connectivity index (χ1v) is 15.4. The quantitative estimate of drug-likeness (QED) is 0.213. The molecule has 246 valence electrons. The van der Waals surface area contributed by atoms with Gasteiger partial charge in [-0.15, -0.1) is 0 Å². The number of allylic oxidation sites excluding steroid dienone is 3. The summed E-state index contributed by atoms with van der Waals surface area (Å²) in [7, 11) is 1.58. The Hall–Kier alpha value is -5.26. The number of amides is 1. The van der Waals surface area contributed by atoms with E-state index in [0.717, 1.165) is 22.5 Å². The van der Waals surface area contributed by atoms with Gasteiger partial charge in [-0.2, -0.15) is 9.68 Å². The average Bonchev–Trinajstić information content (AvgIpc) is 3.03. The zero-order chi connectivity index (χ0) is 33.9. The molecule has 3 aromatic rings. The van der Waals surface area contributed by atoms with Gasteiger partial charge in [-0.25, -0.2) is 24.2 Å². The van der Waals surface area contributed by atoms with Gasteiger partial charge in [0.15, 0.2) is 12.8 Å². The summed E-state index contributed by atoms with van der Waals surface area (Å²) in [6.45, 7) is 14.6. The Labute approximate surface area is 274 Å². The number of halogens is 1. The monoisotopic (exact) mass is 642 g/mol. The Bertz CT molecular complexity index is 1850. The third-order valence-corrected chi connectivity index (χ3v) is 7.44. The Morgan fingerprint density at radius 3 is 2.64 bits per heavy atom. The highest BCUT2D eigenvalue weighted by Crippen LogP contribution is 2.40. The van der Waals surface area contributed by atoms with Crippen molar-refractivity contribution in [2.75, 3.05) is 32.1 Å². The maximum atomic E-state index is 15.6. The van der Waals surface area contributed by atoms with Crippen LogP contribution < -0.4 is 14.8 Å². The minimum Gasteiger partial charge on any atom is -0.490 e. The first-order valence-electron chi connectivity index (χ1n) is 15.4. The molecule has 0 radical (unpaired) electrons. The molecule has 0 saturated heterocycles. The van der Waals surface area contributed by atoms with E-state index in [1.807, 2.05) is 77.5 Å². The van der Waals surface area contributed by atoms with Crippen LogP contribution in [0.4, 0.5) is 26.4 Å². The van der Waals surface area contributed by atoms with E-state index in [1.165, 1.54) is 12.4 Å². The number of hydrogen-bond acceptors (Lipinski definition) is 9. The molecule has 0 atom stereocenters. The number of benzene rings is 2. The summed E-state index contributed by atoms with van der Waals surface area (Å²) in [5.41, 5.74) is 3.70. The SMILES string of the molecule is C/C=N\N1C=CC(Oc2cc(F)c(Nc3ncnc4ccc([N+]5=CCN(C(=O)OC(C)(C)C)CC5)c(OC)c34)cc2C)=CC1=C(C)C. The van der Waals surface area contributed by atoms with Crippen molar-refractivity contribution in [1.82, 2.24) is 19.9 Å². The molecule has 1 amide bonds. The molecule has 0 fully saturated rings. The van der Waals surface area contributed by atoms with Crippen molar-refractivity contribution < 1.29 is 28.0 Å². The van der Waals surface area contributed by atoms with Crippen molar-refractivity contribution in [2.24, 2.45) is 5.10 Å². The van der Waals surface area contributed by atoms with Crippen molar-refractivity contribution >= 4 is 46.6 Å². The highest BCUT2D eigenvalue weighted by molar-refractivity contribution is 5.98. The van der Waals surface area contributed by atoms with E-state index in [0.29, 0.717) is 53.6 Å². The number of fused-ring (bicyclic) bond motifs is 1. The molecule has 2 aliphatic heterocycles. The zero-order valence-electron chi connectivity index (χ0n) is 28.1. The Morgan fingerprint density at radius 2 is 1.98 bits per heavy atom.